The molecule has 2 aromatic rings. The monoisotopic (exact) mass is 234 g/mol. The van der Waals surface area contributed by atoms with E-state index in [-0.39, 0.29) is 0 Å². The van der Waals surface area contributed by atoms with E-state index in [0.29, 0.717) is 24.3 Å². The number of rotatable bonds is 6. The summed E-state index contributed by atoms with van der Waals surface area (Å²) < 4.78 is 5.37. The lowest BCUT2D eigenvalue weighted by Crippen LogP contribution is -2.13. The van der Waals surface area contributed by atoms with Crippen molar-refractivity contribution in [3.05, 3.63) is 24.5 Å². The zero-order valence-corrected chi connectivity index (χ0v) is 9.55. The molecule has 0 atom stereocenters. The quantitative estimate of drug-likeness (QED) is 0.723. The molecule has 0 aliphatic carbocycles. The van der Waals surface area contributed by atoms with Crippen molar-refractivity contribution >= 4 is 11.8 Å². The summed E-state index contributed by atoms with van der Waals surface area (Å²) in [6, 6.07) is 0.318. The molecule has 90 valence electrons. The fraction of sp³-hybridized carbons (Fsp3) is 0.400. The van der Waals surface area contributed by atoms with Crippen LogP contribution >= 0.6 is 0 Å². The summed E-state index contributed by atoms with van der Waals surface area (Å²) in [6.07, 6.45) is 5.83. The lowest BCUT2D eigenvalue weighted by Gasteiger charge is -1.98. The molecule has 0 aliphatic rings. The van der Waals surface area contributed by atoms with Crippen LogP contribution < -0.4 is 10.6 Å². The minimum Gasteiger partial charge on any atom is -0.406 e. The first-order valence-electron chi connectivity index (χ1n) is 5.44. The lowest BCUT2D eigenvalue weighted by atomic mass is 10.5. The molecule has 2 aromatic heterocycles. The summed E-state index contributed by atoms with van der Waals surface area (Å²) >= 11 is 0. The largest absolute Gasteiger partial charge is 0.406 e. The summed E-state index contributed by atoms with van der Waals surface area (Å²) in [5.74, 6) is 1.12. The second-order valence-corrected chi connectivity index (χ2v) is 3.39. The second-order valence-electron chi connectivity index (χ2n) is 3.39. The van der Waals surface area contributed by atoms with Gasteiger partial charge < -0.3 is 9.73 Å². The first-order valence-corrected chi connectivity index (χ1v) is 5.44. The molecule has 0 spiro atoms. The summed E-state index contributed by atoms with van der Waals surface area (Å²) in [7, 11) is 0. The second kappa shape index (κ2) is 5.90. The molecule has 0 amide bonds. The average molecular weight is 234 g/mol. The Morgan fingerprint density at radius 1 is 1.29 bits per heavy atom. The summed E-state index contributed by atoms with van der Waals surface area (Å²) in [5, 5.41) is 13.8. The number of nitrogens with one attached hydrogen (secondary N) is 2. The summed E-state index contributed by atoms with van der Waals surface area (Å²) in [5.41, 5.74) is 0. The van der Waals surface area contributed by atoms with Gasteiger partial charge in [0.25, 0.3) is 0 Å². The van der Waals surface area contributed by atoms with E-state index in [0.717, 1.165) is 13.0 Å². The molecule has 0 unspecified atom stereocenters. The minimum absolute atomic E-state index is 0.318. The van der Waals surface area contributed by atoms with E-state index in [2.05, 4.69) is 37.7 Å². The van der Waals surface area contributed by atoms with Crippen LogP contribution in [0.15, 0.2) is 23.0 Å². The highest BCUT2D eigenvalue weighted by Gasteiger charge is 2.05. The highest BCUT2D eigenvalue weighted by Crippen LogP contribution is 2.10. The SMILES string of the molecule is CCCNCc1nnc(Nc2cnccn2)o1. The molecule has 0 saturated carbocycles. The number of anilines is 2. The smallest absolute Gasteiger partial charge is 0.321 e. The molecule has 7 nitrogen and oxygen atoms in total. The molecular formula is C10H14N6O. The van der Waals surface area contributed by atoms with E-state index in [1.807, 2.05) is 0 Å². The number of aromatic nitrogens is 4. The van der Waals surface area contributed by atoms with E-state index in [4.69, 9.17) is 4.42 Å². The molecule has 17 heavy (non-hydrogen) atoms. The van der Waals surface area contributed by atoms with Crippen LogP contribution in [0, 0.1) is 0 Å². The molecule has 2 rings (SSSR count). The third kappa shape index (κ3) is 3.49. The van der Waals surface area contributed by atoms with E-state index >= 15 is 0 Å². The van der Waals surface area contributed by atoms with Crippen molar-refractivity contribution in [2.45, 2.75) is 19.9 Å². The van der Waals surface area contributed by atoms with Crippen LogP contribution in [0.4, 0.5) is 11.8 Å². The van der Waals surface area contributed by atoms with E-state index < -0.39 is 0 Å². The van der Waals surface area contributed by atoms with Crippen molar-refractivity contribution in [1.29, 1.82) is 0 Å². The Bertz CT molecular complexity index is 443. The van der Waals surface area contributed by atoms with Gasteiger partial charge in [-0.25, -0.2) is 4.98 Å². The molecule has 0 fully saturated rings. The van der Waals surface area contributed by atoms with E-state index in [9.17, 15) is 0 Å². The molecule has 2 heterocycles. The Morgan fingerprint density at radius 2 is 2.24 bits per heavy atom. The number of hydrogen-bond donors (Lipinski definition) is 2. The molecular weight excluding hydrogens is 220 g/mol. The van der Waals surface area contributed by atoms with Gasteiger partial charge in [0.15, 0.2) is 5.82 Å². The normalized spacial score (nSPS) is 10.4. The van der Waals surface area contributed by atoms with Gasteiger partial charge in [0, 0.05) is 12.4 Å². The Balaban J connectivity index is 1.90. The maximum Gasteiger partial charge on any atom is 0.321 e. The van der Waals surface area contributed by atoms with Crippen molar-refractivity contribution < 1.29 is 4.42 Å². The maximum atomic E-state index is 5.37. The third-order valence-electron chi connectivity index (χ3n) is 1.97. The van der Waals surface area contributed by atoms with Crippen LogP contribution in [0.1, 0.15) is 19.2 Å². The van der Waals surface area contributed by atoms with Crippen molar-refractivity contribution in [1.82, 2.24) is 25.5 Å². The summed E-state index contributed by atoms with van der Waals surface area (Å²) in [4.78, 5) is 7.96. The minimum atomic E-state index is 0.318. The van der Waals surface area contributed by atoms with E-state index in [1.165, 1.54) is 0 Å². The topological polar surface area (TPSA) is 88.8 Å². The molecule has 0 saturated heterocycles. The first-order chi connectivity index (χ1) is 8.38. The van der Waals surface area contributed by atoms with Crippen LogP contribution in [-0.4, -0.2) is 26.7 Å². The van der Waals surface area contributed by atoms with Crippen molar-refractivity contribution in [2.75, 3.05) is 11.9 Å². The Labute approximate surface area is 98.7 Å². The maximum absolute atomic E-state index is 5.37. The van der Waals surface area contributed by atoms with Crippen LogP contribution in [0.25, 0.3) is 0 Å². The number of hydrogen-bond acceptors (Lipinski definition) is 7. The van der Waals surface area contributed by atoms with Crippen LogP contribution in [-0.2, 0) is 6.54 Å². The number of nitrogens with zero attached hydrogens (tertiary/aromatic N) is 4. The van der Waals surface area contributed by atoms with Crippen LogP contribution in [0.2, 0.25) is 0 Å². The van der Waals surface area contributed by atoms with Gasteiger partial charge in [0.2, 0.25) is 5.89 Å². The van der Waals surface area contributed by atoms with Gasteiger partial charge in [-0.1, -0.05) is 12.0 Å². The highest BCUT2D eigenvalue weighted by molar-refractivity contribution is 5.42. The molecule has 0 bridgehead atoms. The standard InChI is InChI=1S/C10H14N6O/c1-2-3-11-7-9-15-16-10(17-9)14-8-6-12-4-5-13-8/h4-6,11H,2-3,7H2,1H3,(H,13,14,16). The summed E-state index contributed by atoms with van der Waals surface area (Å²) in [6.45, 7) is 3.60. The molecule has 0 aromatic carbocycles. The van der Waals surface area contributed by atoms with Crippen molar-refractivity contribution in [2.24, 2.45) is 0 Å². The van der Waals surface area contributed by atoms with Gasteiger partial charge in [0.05, 0.1) is 12.7 Å². The first kappa shape index (κ1) is 11.5. The molecule has 7 heteroatoms. The predicted molar refractivity (Wildman–Crippen MR) is 61.6 cm³/mol. The third-order valence-corrected chi connectivity index (χ3v) is 1.97. The zero-order chi connectivity index (χ0) is 11.9. The predicted octanol–water partition coefficient (Wildman–Crippen LogP) is 1.10. The van der Waals surface area contributed by atoms with Gasteiger partial charge in [-0.2, -0.15) is 0 Å². The molecule has 2 N–H and O–H groups in total. The molecule has 0 radical (unpaired) electrons. The van der Waals surface area contributed by atoms with Gasteiger partial charge in [-0.15, -0.1) is 5.10 Å². The fourth-order valence-corrected chi connectivity index (χ4v) is 1.22. The van der Waals surface area contributed by atoms with Crippen molar-refractivity contribution in [3.63, 3.8) is 0 Å². The zero-order valence-electron chi connectivity index (χ0n) is 9.55. The van der Waals surface area contributed by atoms with Gasteiger partial charge in [-0.05, 0) is 13.0 Å². The fourth-order valence-electron chi connectivity index (χ4n) is 1.22. The Morgan fingerprint density at radius 3 is 3.00 bits per heavy atom. The molecule has 0 aliphatic heterocycles. The van der Waals surface area contributed by atoms with Crippen molar-refractivity contribution in [3.8, 4) is 0 Å². The van der Waals surface area contributed by atoms with Gasteiger partial charge >= 0.3 is 6.01 Å². The van der Waals surface area contributed by atoms with Crippen LogP contribution in [0.5, 0.6) is 0 Å². The highest BCUT2D eigenvalue weighted by atomic mass is 16.4. The van der Waals surface area contributed by atoms with Crippen LogP contribution in [0.3, 0.4) is 0 Å². The Hall–Kier alpha value is -2.02. The van der Waals surface area contributed by atoms with Gasteiger partial charge in [-0.3, -0.25) is 10.3 Å². The van der Waals surface area contributed by atoms with Gasteiger partial charge in [0.1, 0.15) is 0 Å². The average Bonchev–Trinajstić information content (AvgIpc) is 2.79. The lowest BCUT2D eigenvalue weighted by molar-refractivity contribution is 0.479. The Kier molecular flexibility index (Phi) is 3.98. The van der Waals surface area contributed by atoms with E-state index in [1.54, 1.807) is 18.6 Å².